The third-order valence-electron chi connectivity index (χ3n) is 4.58. The van der Waals surface area contributed by atoms with Gasteiger partial charge >= 0.3 is 0 Å². The minimum Gasteiger partial charge on any atom is -0.496 e. The maximum Gasteiger partial charge on any atom is 0.227 e. The maximum atomic E-state index is 12.6. The number of aromatic amines is 1. The van der Waals surface area contributed by atoms with Crippen LogP contribution in [0.2, 0.25) is 0 Å². The first kappa shape index (κ1) is 15.9. The predicted molar refractivity (Wildman–Crippen MR) is 97.7 cm³/mol. The van der Waals surface area contributed by atoms with Crippen molar-refractivity contribution in [3.63, 3.8) is 0 Å². The zero-order valence-corrected chi connectivity index (χ0v) is 14.8. The molecule has 3 aromatic rings. The molecule has 1 aromatic carbocycles. The van der Waals surface area contributed by atoms with Crippen molar-refractivity contribution >= 4 is 17.2 Å². The molecule has 0 saturated carbocycles. The number of aromatic nitrogens is 2. The number of thiophene rings is 1. The van der Waals surface area contributed by atoms with Gasteiger partial charge in [0.1, 0.15) is 11.4 Å². The van der Waals surface area contributed by atoms with E-state index in [1.54, 1.807) is 18.4 Å². The molecule has 0 bridgehead atoms. The second-order valence-corrected chi connectivity index (χ2v) is 6.88. The van der Waals surface area contributed by atoms with E-state index in [1.165, 1.54) is 0 Å². The first-order valence-electron chi connectivity index (χ1n) is 8.24. The molecule has 0 fully saturated rings. The summed E-state index contributed by atoms with van der Waals surface area (Å²) in [6.45, 7) is 1.31. The minimum atomic E-state index is 0.163. The Morgan fingerprint density at radius 3 is 3.04 bits per heavy atom. The Labute approximate surface area is 150 Å². The Morgan fingerprint density at radius 1 is 1.36 bits per heavy atom. The van der Waals surface area contributed by atoms with Crippen LogP contribution in [0.25, 0.3) is 11.3 Å². The van der Waals surface area contributed by atoms with Crippen LogP contribution in [0.4, 0.5) is 0 Å². The third-order valence-corrected chi connectivity index (χ3v) is 5.32. The summed E-state index contributed by atoms with van der Waals surface area (Å²) in [4.78, 5) is 14.6. The molecule has 25 heavy (non-hydrogen) atoms. The Hall–Kier alpha value is -2.60. The number of fused-ring (bicyclic) bond motifs is 1. The van der Waals surface area contributed by atoms with Gasteiger partial charge in [0.25, 0.3) is 0 Å². The first-order chi connectivity index (χ1) is 12.3. The normalized spacial score (nSPS) is 13.6. The lowest BCUT2D eigenvalue weighted by atomic mass is 10.00. The third kappa shape index (κ3) is 3.05. The zero-order valence-electron chi connectivity index (χ0n) is 14.0. The molecule has 0 spiro atoms. The van der Waals surface area contributed by atoms with Gasteiger partial charge in [0, 0.05) is 36.3 Å². The molecule has 0 unspecified atom stereocenters. The van der Waals surface area contributed by atoms with Crippen molar-refractivity contribution in [1.82, 2.24) is 15.1 Å². The smallest absolute Gasteiger partial charge is 0.227 e. The topological polar surface area (TPSA) is 58.2 Å². The van der Waals surface area contributed by atoms with Crippen molar-refractivity contribution in [1.29, 1.82) is 0 Å². The highest BCUT2D eigenvalue weighted by Gasteiger charge is 2.26. The molecule has 1 aliphatic rings. The summed E-state index contributed by atoms with van der Waals surface area (Å²) in [6.07, 6.45) is 1.26. The molecule has 1 N–H and O–H groups in total. The lowest BCUT2D eigenvalue weighted by Gasteiger charge is -2.27. The van der Waals surface area contributed by atoms with Gasteiger partial charge in [0.15, 0.2) is 0 Å². The van der Waals surface area contributed by atoms with E-state index in [1.807, 2.05) is 46.0 Å². The summed E-state index contributed by atoms with van der Waals surface area (Å²) < 4.78 is 5.47. The molecule has 0 atom stereocenters. The van der Waals surface area contributed by atoms with Gasteiger partial charge in [0.2, 0.25) is 5.91 Å². The lowest BCUT2D eigenvalue weighted by Crippen LogP contribution is -2.36. The predicted octanol–water partition coefficient (Wildman–Crippen LogP) is 3.27. The van der Waals surface area contributed by atoms with E-state index < -0.39 is 0 Å². The van der Waals surface area contributed by atoms with Crippen LogP contribution in [-0.2, 0) is 24.2 Å². The number of ether oxygens (including phenoxy) is 1. The molecule has 3 heterocycles. The van der Waals surface area contributed by atoms with Crippen LogP contribution < -0.4 is 4.74 Å². The van der Waals surface area contributed by atoms with Crippen LogP contribution in [0, 0.1) is 0 Å². The summed E-state index contributed by atoms with van der Waals surface area (Å²) in [6, 6.07) is 9.86. The van der Waals surface area contributed by atoms with E-state index >= 15 is 0 Å². The Bertz CT molecular complexity index is 886. The number of hydrogen-bond donors (Lipinski definition) is 1. The van der Waals surface area contributed by atoms with Crippen LogP contribution in [0.5, 0.6) is 5.75 Å². The van der Waals surface area contributed by atoms with Gasteiger partial charge in [0.05, 0.1) is 13.5 Å². The number of H-pyrrole nitrogens is 1. The average Bonchev–Trinajstić information content (AvgIpc) is 3.30. The summed E-state index contributed by atoms with van der Waals surface area (Å²) >= 11 is 1.62. The molecule has 6 heteroatoms. The molecule has 128 valence electrons. The Morgan fingerprint density at radius 2 is 2.24 bits per heavy atom. The minimum absolute atomic E-state index is 0.163. The molecule has 0 aliphatic carbocycles. The number of nitrogens with one attached hydrogen (secondary N) is 1. The standard InChI is InChI=1S/C19H19N3O2S/c1-24-17-5-3-2-4-14(17)19-15-11-22(8-6-16(15)20-21-19)18(23)10-13-7-9-25-12-13/h2-5,7,9,12H,6,8,10-11H2,1H3,(H,20,21). The zero-order chi connectivity index (χ0) is 17.2. The van der Waals surface area contributed by atoms with Crippen LogP contribution in [0.15, 0.2) is 41.1 Å². The molecule has 4 rings (SSSR count). The van der Waals surface area contributed by atoms with Crippen molar-refractivity contribution < 1.29 is 9.53 Å². The number of benzene rings is 1. The fourth-order valence-corrected chi connectivity index (χ4v) is 3.92. The van der Waals surface area contributed by atoms with Gasteiger partial charge in [-0.05, 0) is 34.5 Å². The number of amides is 1. The highest BCUT2D eigenvalue weighted by atomic mass is 32.1. The van der Waals surface area contributed by atoms with Gasteiger partial charge in [-0.15, -0.1) is 0 Å². The number of methoxy groups -OCH3 is 1. The van der Waals surface area contributed by atoms with E-state index in [4.69, 9.17) is 4.74 Å². The quantitative estimate of drug-likeness (QED) is 0.783. The van der Waals surface area contributed by atoms with Crippen LogP contribution in [0.3, 0.4) is 0 Å². The Kier molecular flexibility index (Phi) is 4.28. The second-order valence-electron chi connectivity index (χ2n) is 6.10. The van der Waals surface area contributed by atoms with E-state index in [9.17, 15) is 4.79 Å². The SMILES string of the molecule is COc1ccccc1-c1n[nH]c2c1CN(C(=O)Cc1ccsc1)CC2. The van der Waals surface area contributed by atoms with Gasteiger partial charge in [-0.3, -0.25) is 9.89 Å². The van der Waals surface area contributed by atoms with Crippen molar-refractivity contribution in [3.05, 3.63) is 57.9 Å². The molecular formula is C19H19N3O2S. The molecule has 0 saturated heterocycles. The highest BCUT2D eigenvalue weighted by molar-refractivity contribution is 7.08. The summed E-state index contributed by atoms with van der Waals surface area (Å²) in [5.41, 5.74) is 5.11. The molecule has 5 nitrogen and oxygen atoms in total. The van der Waals surface area contributed by atoms with Gasteiger partial charge < -0.3 is 9.64 Å². The van der Waals surface area contributed by atoms with Crippen molar-refractivity contribution in [2.75, 3.05) is 13.7 Å². The summed E-state index contributed by atoms with van der Waals surface area (Å²) in [7, 11) is 1.66. The number of carbonyl (C=O) groups excluding carboxylic acids is 1. The molecule has 2 aromatic heterocycles. The van der Waals surface area contributed by atoms with Crippen LogP contribution in [-0.4, -0.2) is 34.7 Å². The number of rotatable bonds is 4. The maximum absolute atomic E-state index is 12.6. The van der Waals surface area contributed by atoms with Crippen molar-refractivity contribution in [2.24, 2.45) is 0 Å². The van der Waals surface area contributed by atoms with Crippen LogP contribution >= 0.6 is 11.3 Å². The lowest BCUT2D eigenvalue weighted by molar-refractivity contribution is -0.131. The molecule has 0 radical (unpaired) electrons. The van der Waals surface area contributed by atoms with Crippen molar-refractivity contribution in [3.8, 4) is 17.0 Å². The van der Waals surface area contributed by atoms with E-state index in [-0.39, 0.29) is 5.91 Å². The average molecular weight is 353 g/mol. The molecular weight excluding hydrogens is 334 g/mol. The fraction of sp³-hybridized carbons (Fsp3) is 0.263. The van der Waals surface area contributed by atoms with E-state index in [2.05, 4.69) is 10.2 Å². The van der Waals surface area contributed by atoms with E-state index in [0.717, 1.165) is 46.8 Å². The van der Waals surface area contributed by atoms with E-state index in [0.29, 0.717) is 13.0 Å². The number of nitrogens with zero attached hydrogens (tertiary/aromatic N) is 2. The fourth-order valence-electron chi connectivity index (χ4n) is 3.25. The van der Waals surface area contributed by atoms with Gasteiger partial charge in [-0.2, -0.15) is 16.4 Å². The molecule has 1 aliphatic heterocycles. The summed E-state index contributed by atoms with van der Waals surface area (Å²) in [5.74, 6) is 0.953. The highest BCUT2D eigenvalue weighted by Crippen LogP contribution is 2.34. The first-order valence-corrected chi connectivity index (χ1v) is 9.19. The number of carbonyl (C=O) groups is 1. The Balaban J connectivity index is 1.60. The second kappa shape index (κ2) is 6.72. The number of para-hydroxylation sites is 1. The number of hydrogen-bond acceptors (Lipinski definition) is 4. The molecule has 1 amide bonds. The van der Waals surface area contributed by atoms with Crippen LogP contribution in [0.1, 0.15) is 16.8 Å². The van der Waals surface area contributed by atoms with Gasteiger partial charge in [-0.25, -0.2) is 0 Å². The monoisotopic (exact) mass is 353 g/mol. The summed E-state index contributed by atoms with van der Waals surface area (Å²) in [5, 5.41) is 11.7. The van der Waals surface area contributed by atoms with Gasteiger partial charge in [-0.1, -0.05) is 12.1 Å². The largest absolute Gasteiger partial charge is 0.496 e. The van der Waals surface area contributed by atoms with Crippen molar-refractivity contribution in [2.45, 2.75) is 19.4 Å².